The Kier molecular flexibility index (Phi) is 11.2. The van der Waals surface area contributed by atoms with Gasteiger partial charge in [0, 0.05) is 33.4 Å². The molecule has 2 aromatic heterocycles. The van der Waals surface area contributed by atoms with Crippen LogP contribution in [0.5, 0.6) is 0 Å². The summed E-state index contributed by atoms with van der Waals surface area (Å²) in [6.07, 6.45) is 0. The monoisotopic (exact) mass is 869 g/mol. The Bertz CT molecular complexity index is 3550. The minimum Gasteiger partial charge on any atom is -0.208 e. The average Bonchev–Trinajstić information content (AvgIpc) is 3.43. The molecule has 318 valence electrons. The first kappa shape index (κ1) is 41.2. The van der Waals surface area contributed by atoms with E-state index < -0.39 is 0 Å². The Hall–Kier alpha value is -9.51. The summed E-state index contributed by atoms with van der Waals surface area (Å²) < 4.78 is 0. The molecule has 0 atom stereocenters. The topological polar surface area (TPSA) is 101 Å². The summed E-state index contributed by atoms with van der Waals surface area (Å²) in [6, 6.07) is 82.0. The van der Waals surface area contributed by atoms with Gasteiger partial charge in [-0.1, -0.05) is 212 Å². The van der Waals surface area contributed by atoms with Crippen LogP contribution < -0.4 is 0 Å². The molecule has 0 aliphatic heterocycles. The van der Waals surface area contributed by atoms with Crippen molar-refractivity contribution in [1.29, 1.82) is 5.26 Å². The van der Waals surface area contributed by atoms with Crippen LogP contribution in [0.2, 0.25) is 0 Å². The van der Waals surface area contributed by atoms with E-state index in [4.69, 9.17) is 29.9 Å². The Labute approximate surface area is 394 Å². The van der Waals surface area contributed by atoms with E-state index in [0.29, 0.717) is 40.5 Å². The minimum absolute atomic E-state index is 0.575. The minimum atomic E-state index is 0.575. The summed E-state index contributed by atoms with van der Waals surface area (Å²) in [5, 5.41) is 9.28. The van der Waals surface area contributed by atoms with E-state index in [-0.39, 0.29) is 0 Å². The van der Waals surface area contributed by atoms with Gasteiger partial charge in [0.1, 0.15) is 0 Å². The second kappa shape index (κ2) is 18.5. The molecular formula is C61H39N7. The van der Waals surface area contributed by atoms with Gasteiger partial charge in [-0.15, -0.1) is 0 Å². The molecule has 7 nitrogen and oxygen atoms in total. The van der Waals surface area contributed by atoms with Crippen molar-refractivity contribution in [2.75, 3.05) is 0 Å². The second-order valence-electron chi connectivity index (χ2n) is 16.2. The lowest BCUT2D eigenvalue weighted by Crippen LogP contribution is -2.00. The van der Waals surface area contributed by atoms with Crippen molar-refractivity contribution in [3.63, 3.8) is 0 Å². The molecule has 0 fully saturated rings. The van der Waals surface area contributed by atoms with E-state index in [1.165, 1.54) is 0 Å². The molecule has 0 aliphatic rings. The normalized spacial score (nSPS) is 10.9. The lowest BCUT2D eigenvalue weighted by molar-refractivity contribution is 1.07. The van der Waals surface area contributed by atoms with E-state index in [0.717, 1.165) is 77.9 Å². The summed E-state index contributed by atoms with van der Waals surface area (Å²) >= 11 is 0. The molecule has 7 heteroatoms. The Balaban J connectivity index is 0.965. The number of nitrogens with zero attached hydrogens (tertiary/aromatic N) is 7. The molecule has 0 unspecified atom stereocenters. The van der Waals surface area contributed by atoms with E-state index in [1.54, 1.807) is 0 Å². The maximum absolute atomic E-state index is 9.28. The molecule has 0 bridgehead atoms. The van der Waals surface area contributed by atoms with Crippen molar-refractivity contribution in [3.8, 4) is 119 Å². The number of nitriles is 1. The number of hydrogen-bond acceptors (Lipinski definition) is 7. The highest BCUT2D eigenvalue weighted by Gasteiger charge is 2.18. The van der Waals surface area contributed by atoms with Gasteiger partial charge in [-0.3, -0.25) is 0 Å². The Morgan fingerprint density at radius 1 is 0.221 bits per heavy atom. The first-order chi connectivity index (χ1) is 33.6. The fraction of sp³-hybridized carbons (Fsp3) is 0. The number of benzene rings is 9. The zero-order valence-corrected chi connectivity index (χ0v) is 36.6. The quantitative estimate of drug-likeness (QED) is 0.135. The van der Waals surface area contributed by atoms with Gasteiger partial charge in [0.15, 0.2) is 34.9 Å². The fourth-order valence-corrected chi connectivity index (χ4v) is 8.43. The smallest absolute Gasteiger partial charge is 0.164 e. The predicted octanol–water partition coefficient (Wildman–Crippen LogP) is 14.6. The van der Waals surface area contributed by atoms with Gasteiger partial charge in [0.05, 0.1) is 11.6 Å². The van der Waals surface area contributed by atoms with Crippen LogP contribution in [0.4, 0.5) is 0 Å². The molecule has 11 rings (SSSR count). The first-order valence-corrected chi connectivity index (χ1v) is 22.3. The van der Waals surface area contributed by atoms with Crippen LogP contribution in [0.25, 0.3) is 113 Å². The maximum Gasteiger partial charge on any atom is 0.164 e. The molecule has 9 aromatic carbocycles. The average molecular weight is 870 g/mol. The molecule has 0 radical (unpaired) electrons. The van der Waals surface area contributed by atoms with Gasteiger partial charge in [-0.25, -0.2) is 29.9 Å². The molecule has 0 saturated carbocycles. The molecule has 0 N–H and O–H groups in total. The predicted molar refractivity (Wildman–Crippen MR) is 272 cm³/mol. The largest absolute Gasteiger partial charge is 0.208 e. The molecule has 0 spiro atoms. The van der Waals surface area contributed by atoms with Gasteiger partial charge < -0.3 is 0 Å². The maximum atomic E-state index is 9.28. The SMILES string of the molecule is N#Cc1ccc(-c2ccc(-c3nc(-c4ccccc4)nc(-c4cccc(-c5ccccc5-c5ccccc5-c5cccc(-c6nc(-c7ccccc7)nc(-c7ccccc7)n6)c5)c4)n3)cc2)cc1. The molecule has 0 saturated heterocycles. The zero-order chi connectivity index (χ0) is 45.7. The van der Waals surface area contributed by atoms with Crippen molar-refractivity contribution in [3.05, 3.63) is 242 Å². The van der Waals surface area contributed by atoms with Crippen molar-refractivity contribution in [1.82, 2.24) is 29.9 Å². The molecule has 2 heterocycles. The van der Waals surface area contributed by atoms with Crippen LogP contribution in [0.1, 0.15) is 5.56 Å². The fourth-order valence-electron chi connectivity index (χ4n) is 8.43. The third kappa shape index (κ3) is 8.57. The Morgan fingerprint density at radius 2 is 0.485 bits per heavy atom. The highest BCUT2D eigenvalue weighted by atomic mass is 15.0. The standard InChI is InChI=1S/C61H39N7/c62-40-41-30-32-42(33-31-41)43-34-36-47(37-35-43)59-64-58(46-20-8-3-9-21-46)67-61(68-59)51-25-15-23-49(39-51)53-27-11-13-29-55(53)54-28-12-10-26-52(54)48-22-14-24-50(38-48)60-65-56(44-16-4-1-5-17-44)63-57(66-60)45-18-6-2-7-19-45/h1-39H. The van der Waals surface area contributed by atoms with Crippen LogP contribution in [0.15, 0.2) is 237 Å². The van der Waals surface area contributed by atoms with Crippen molar-refractivity contribution in [2.45, 2.75) is 0 Å². The van der Waals surface area contributed by atoms with E-state index >= 15 is 0 Å². The zero-order valence-electron chi connectivity index (χ0n) is 36.6. The highest BCUT2D eigenvalue weighted by Crippen LogP contribution is 2.40. The summed E-state index contributed by atoms with van der Waals surface area (Å²) in [5.41, 5.74) is 14.5. The molecular weight excluding hydrogens is 831 g/mol. The first-order valence-electron chi connectivity index (χ1n) is 22.3. The van der Waals surface area contributed by atoms with Gasteiger partial charge in [0.2, 0.25) is 0 Å². The van der Waals surface area contributed by atoms with E-state index in [9.17, 15) is 5.26 Å². The summed E-state index contributed by atoms with van der Waals surface area (Å²) in [5.74, 6) is 3.59. The third-order valence-corrected chi connectivity index (χ3v) is 11.9. The van der Waals surface area contributed by atoms with Crippen molar-refractivity contribution in [2.24, 2.45) is 0 Å². The number of rotatable bonds is 10. The van der Waals surface area contributed by atoms with Crippen LogP contribution in [0, 0.1) is 11.3 Å². The Morgan fingerprint density at radius 3 is 0.853 bits per heavy atom. The van der Waals surface area contributed by atoms with Gasteiger partial charge in [-0.2, -0.15) is 5.26 Å². The van der Waals surface area contributed by atoms with E-state index in [2.05, 4.69) is 115 Å². The summed E-state index contributed by atoms with van der Waals surface area (Å²) in [7, 11) is 0. The highest BCUT2D eigenvalue weighted by molar-refractivity contribution is 5.93. The van der Waals surface area contributed by atoms with Gasteiger partial charge in [-0.05, 0) is 68.8 Å². The summed E-state index contributed by atoms with van der Waals surface area (Å²) in [6.45, 7) is 0. The lowest BCUT2D eigenvalue weighted by atomic mass is 9.88. The van der Waals surface area contributed by atoms with Crippen LogP contribution in [-0.4, -0.2) is 29.9 Å². The van der Waals surface area contributed by atoms with E-state index in [1.807, 2.05) is 127 Å². The van der Waals surface area contributed by atoms with Crippen molar-refractivity contribution >= 4 is 0 Å². The van der Waals surface area contributed by atoms with Crippen LogP contribution in [-0.2, 0) is 0 Å². The van der Waals surface area contributed by atoms with Crippen LogP contribution >= 0.6 is 0 Å². The lowest BCUT2D eigenvalue weighted by Gasteiger charge is -2.16. The van der Waals surface area contributed by atoms with Gasteiger partial charge >= 0.3 is 0 Å². The second-order valence-corrected chi connectivity index (χ2v) is 16.2. The molecule has 11 aromatic rings. The third-order valence-electron chi connectivity index (χ3n) is 11.9. The molecule has 68 heavy (non-hydrogen) atoms. The molecule has 0 amide bonds. The molecule has 0 aliphatic carbocycles. The van der Waals surface area contributed by atoms with Crippen LogP contribution in [0.3, 0.4) is 0 Å². The van der Waals surface area contributed by atoms with Crippen molar-refractivity contribution < 1.29 is 0 Å². The number of hydrogen-bond donors (Lipinski definition) is 0. The van der Waals surface area contributed by atoms with Gasteiger partial charge in [0.25, 0.3) is 0 Å². The number of aromatic nitrogens is 6. The summed E-state index contributed by atoms with van der Waals surface area (Å²) in [4.78, 5) is 30.1.